The summed E-state index contributed by atoms with van der Waals surface area (Å²) in [7, 11) is 0. The van der Waals surface area contributed by atoms with Gasteiger partial charge in [0.25, 0.3) is 0 Å². The van der Waals surface area contributed by atoms with Crippen LogP contribution in [0.15, 0.2) is 47.8 Å². The van der Waals surface area contributed by atoms with Crippen molar-refractivity contribution in [3.8, 4) is 0 Å². The molecule has 3 rings (SSSR count). The molecule has 2 aromatic heterocycles. The molecule has 1 aromatic carbocycles. The highest BCUT2D eigenvalue weighted by molar-refractivity contribution is 7.99. The summed E-state index contributed by atoms with van der Waals surface area (Å²) in [5, 5.41) is 10.2. The minimum absolute atomic E-state index is 0.0381. The summed E-state index contributed by atoms with van der Waals surface area (Å²) in [5.41, 5.74) is -0.192. The molecule has 0 radical (unpaired) electrons. The number of nitrogens with zero attached hydrogens (tertiary/aromatic N) is 3. The van der Waals surface area contributed by atoms with Crippen LogP contribution in [0.4, 0.5) is 18.9 Å². The molecule has 130 valence electrons. The molecule has 0 saturated heterocycles. The highest BCUT2D eigenvalue weighted by Crippen LogP contribution is 2.33. The van der Waals surface area contributed by atoms with Crippen LogP contribution in [-0.4, -0.2) is 26.3 Å². The molecule has 1 N–H and O–H groups in total. The third-order valence-electron chi connectivity index (χ3n) is 3.15. The number of aromatic nitrogens is 3. The van der Waals surface area contributed by atoms with Crippen molar-refractivity contribution in [1.82, 2.24) is 14.6 Å². The van der Waals surface area contributed by atoms with Gasteiger partial charge < -0.3 is 5.32 Å². The van der Waals surface area contributed by atoms with Crippen LogP contribution < -0.4 is 5.32 Å². The van der Waals surface area contributed by atoms with Crippen molar-refractivity contribution < 1.29 is 18.0 Å². The lowest BCUT2D eigenvalue weighted by Crippen LogP contribution is -2.14. The van der Waals surface area contributed by atoms with Crippen molar-refractivity contribution in [2.45, 2.75) is 11.3 Å². The van der Waals surface area contributed by atoms with Gasteiger partial charge in [-0.3, -0.25) is 9.20 Å². The molecular weight excluding hydrogens is 377 g/mol. The standard InChI is InChI=1S/C15H10ClF3N4OS/c16-11-6-9(15(17,18)19)7-23-13(11)21-22-14(23)25-8-12(24)20-10-4-2-1-3-5-10/h1-7H,8H2,(H,20,24). The fraction of sp³-hybridized carbons (Fsp3) is 0.133. The number of alkyl halides is 3. The van der Waals surface area contributed by atoms with E-state index in [1.54, 1.807) is 24.3 Å². The number of thioether (sulfide) groups is 1. The highest BCUT2D eigenvalue weighted by Gasteiger charge is 2.32. The van der Waals surface area contributed by atoms with E-state index in [1.165, 1.54) is 0 Å². The molecule has 5 nitrogen and oxygen atoms in total. The molecule has 25 heavy (non-hydrogen) atoms. The van der Waals surface area contributed by atoms with Crippen LogP contribution in [-0.2, 0) is 11.0 Å². The van der Waals surface area contributed by atoms with Crippen molar-refractivity contribution in [2.75, 3.05) is 11.1 Å². The Morgan fingerprint density at radius 2 is 1.96 bits per heavy atom. The summed E-state index contributed by atoms with van der Waals surface area (Å²) < 4.78 is 39.8. The second kappa shape index (κ2) is 6.93. The summed E-state index contributed by atoms with van der Waals surface area (Å²) in [6.45, 7) is 0. The number of hydrogen-bond acceptors (Lipinski definition) is 4. The SMILES string of the molecule is O=C(CSc1nnc2c(Cl)cc(C(F)(F)F)cn12)Nc1ccccc1. The Morgan fingerprint density at radius 3 is 2.64 bits per heavy atom. The first-order valence-corrected chi connectivity index (χ1v) is 8.30. The van der Waals surface area contributed by atoms with Crippen LogP contribution in [0.1, 0.15) is 5.56 Å². The second-order valence-electron chi connectivity index (χ2n) is 4.95. The van der Waals surface area contributed by atoms with E-state index in [-0.39, 0.29) is 27.5 Å². The van der Waals surface area contributed by atoms with Crippen molar-refractivity contribution >= 4 is 40.6 Å². The Hall–Kier alpha value is -2.26. The van der Waals surface area contributed by atoms with Crippen LogP contribution in [0.2, 0.25) is 5.02 Å². The van der Waals surface area contributed by atoms with Gasteiger partial charge in [0.2, 0.25) is 5.91 Å². The number of halogens is 4. The zero-order valence-electron chi connectivity index (χ0n) is 12.4. The molecule has 10 heteroatoms. The van der Waals surface area contributed by atoms with Gasteiger partial charge in [0.15, 0.2) is 10.8 Å². The van der Waals surface area contributed by atoms with Crippen LogP contribution in [0.5, 0.6) is 0 Å². The smallest absolute Gasteiger partial charge is 0.325 e. The largest absolute Gasteiger partial charge is 0.417 e. The summed E-state index contributed by atoms with van der Waals surface area (Å²) in [5.74, 6) is -0.352. The van der Waals surface area contributed by atoms with E-state index in [4.69, 9.17) is 11.6 Å². The highest BCUT2D eigenvalue weighted by atomic mass is 35.5. The molecule has 0 atom stereocenters. The Balaban J connectivity index is 1.77. The van der Waals surface area contributed by atoms with Crippen LogP contribution in [0.3, 0.4) is 0 Å². The third kappa shape index (κ3) is 4.05. The fourth-order valence-electron chi connectivity index (χ4n) is 2.04. The van der Waals surface area contributed by atoms with E-state index in [1.807, 2.05) is 6.07 Å². The average Bonchev–Trinajstić information content (AvgIpc) is 2.97. The molecular formula is C15H10ClF3N4OS. The van der Waals surface area contributed by atoms with Gasteiger partial charge in [0.05, 0.1) is 16.3 Å². The first-order chi connectivity index (χ1) is 11.8. The Morgan fingerprint density at radius 1 is 1.24 bits per heavy atom. The fourth-order valence-corrected chi connectivity index (χ4v) is 2.99. The molecule has 0 unspecified atom stereocenters. The monoisotopic (exact) mass is 386 g/mol. The number of nitrogens with one attached hydrogen (secondary N) is 1. The minimum atomic E-state index is -4.55. The van der Waals surface area contributed by atoms with Crippen molar-refractivity contribution in [3.63, 3.8) is 0 Å². The lowest BCUT2D eigenvalue weighted by Gasteiger charge is -2.08. The zero-order chi connectivity index (χ0) is 18.0. The predicted octanol–water partition coefficient (Wildman–Crippen LogP) is 4.13. The third-order valence-corrected chi connectivity index (χ3v) is 4.37. The molecule has 0 fully saturated rings. The molecule has 0 bridgehead atoms. The Kier molecular flexibility index (Phi) is 4.87. The number of rotatable bonds is 4. The Bertz CT molecular complexity index is 914. The quantitative estimate of drug-likeness (QED) is 0.685. The number of hydrogen-bond donors (Lipinski definition) is 1. The molecule has 1 amide bonds. The number of para-hydroxylation sites is 1. The van der Waals surface area contributed by atoms with Gasteiger partial charge in [-0.05, 0) is 18.2 Å². The summed E-state index contributed by atoms with van der Waals surface area (Å²) >= 11 is 6.80. The van der Waals surface area contributed by atoms with Gasteiger partial charge in [-0.1, -0.05) is 41.6 Å². The maximum atomic E-state index is 12.9. The summed E-state index contributed by atoms with van der Waals surface area (Å²) in [6.07, 6.45) is -3.69. The maximum Gasteiger partial charge on any atom is 0.417 e. The first-order valence-electron chi connectivity index (χ1n) is 6.94. The van der Waals surface area contributed by atoms with Crippen LogP contribution >= 0.6 is 23.4 Å². The van der Waals surface area contributed by atoms with Gasteiger partial charge in [-0.2, -0.15) is 13.2 Å². The second-order valence-corrected chi connectivity index (χ2v) is 6.30. The minimum Gasteiger partial charge on any atom is -0.325 e. The summed E-state index contributed by atoms with van der Waals surface area (Å²) in [6, 6.07) is 9.61. The van der Waals surface area contributed by atoms with Gasteiger partial charge in [0.1, 0.15) is 0 Å². The number of carbonyl (C=O) groups excluding carboxylic acids is 1. The van der Waals surface area contributed by atoms with E-state index in [0.29, 0.717) is 5.69 Å². The van der Waals surface area contributed by atoms with Crippen molar-refractivity contribution in [3.05, 3.63) is 53.2 Å². The number of anilines is 1. The molecule has 0 saturated carbocycles. The maximum absolute atomic E-state index is 12.9. The van der Waals surface area contributed by atoms with E-state index in [0.717, 1.165) is 28.4 Å². The number of pyridine rings is 1. The predicted molar refractivity (Wildman–Crippen MR) is 88.8 cm³/mol. The number of carbonyl (C=O) groups is 1. The van der Waals surface area contributed by atoms with Crippen LogP contribution in [0.25, 0.3) is 5.65 Å². The van der Waals surface area contributed by atoms with E-state index >= 15 is 0 Å². The molecule has 0 aliphatic heterocycles. The van der Waals surface area contributed by atoms with Gasteiger partial charge in [-0.25, -0.2) is 0 Å². The topological polar surface area (TPSA) is 59.3 Å². The van der Waals surface area contributed by atoms with Gasteiger partial charge >= 0.3 is 6.18 Å². The number of fused-ring (bicyclic) bond motifs is 1. The zero-order valence-corrected chi connectivity index (χ0v) is 14.0. The first kappa shape index (κ1) is 17.6. The molecule has 0 aliphatic carbocycles. The van der Waals surface area contributed by atoms with E-state index < -0.39 is 11.7 Å². The van der Waals surface area contributed by atoms with Gasteiger partial charge in [-0.15, -0.1) is 10.2 Å². The number of benzene rings is 1. The number of amides is 1. The van der Waals surface area contributed by atoms with Crippen LogP contribution in [0, 0.1) is 0 Å². The lowest BCUT2D eigenvalue weighted by atomic mass is 10.3. The van der Waals surface area contributed by atoms with Crippen molar-refractivity contribution in [2.24, 2.45) is 0 Å². The molecule has 2 heterocycles. The lowest BCUT2D eigenvalue weighted by molar-refractivity contribution is -0.137. The Labute approximate surface area is 149 Å². The van der Waals surface area contributed by atoms with Crippen molar-refractivity contribution in [1.29, 1.82) is 0 Å². The summed E-state index contributed by atoms with van der Waals surface area (Å²) in [4.78, 5) is 11.9. The average molecular weight is 387 g/mol. The molecule has 3 aromatic rings. The molecule has 0 spiro atoms. The van der Waals surface area contributed by atoms with E-state index in [2.05, 4.69) is 15.5 Å². The van der Waals surface area contributed by atoms with E-state index in [9.17, 15) is 18.0 Å². The van der Waals surface area contributed by atoms with Gasteiger partial charge in [0, 0.05) is 11.9 Å². The molecule has 0 aliphatic rings. The normalized spacial score (nSPS) is 11.7.